The van der Waals surface area contributed by atoms with Gasteiger partial charge in [-0.15, -0.1) is 0 Å². The molecule has 154 valence electrons. The normalized spacial score (nSPS) is 13.2. The molecule has 1 heterocycles. The highest BCUT2D eigenvalue weighted by molar-refractivity contribution is 6.02. The first-order chi connectivity index (χ1) is 14.7. The first-order valence-electron chi connectivity index (χ1n) is 10.3. The number of hydrogen-bond acceptors (Lipinski definition) is 3. The maximum Gasteiger partial charge on any atom is 0.326 e. The molecule has 4 rings (SSSR count). The SMILES string of the molecule is COc1cc(NC(=O)N2CCCCc3ccccc32)ccc1OCc1ccccc1. The zero-order valence-electron chi connectivity index (χ0n) is 17.1. The van der Waals surface area contributed by atoms with Crippen LogP contribution in [0.5, 0.6) is 11.5 Å². The lowest BCUT2D eigenvalue weighted by atomic mass is 10.1. The quantitative estimate of drug-likeness (QED) is 0.600. The van der Waals surface area contributed by atoms with Crippen LogP contribution in [0.2, 0.25) is 0 Å². The molecule has 0 unspecified atom stereocenters. The van der Waals surface area contributed by atoms with E-state index < -0.39 is 0 Å². The summed E-state index contributed by atoms with van der Waals surface area (Å²) in [7, 11) is 1.60. The molecule has 0 bridgehead atoms. The molecular formula is C25H26N2O3. The largest absolute Gasteiger partial charge is 0.493 e. The van der Waals surface area contributed by atoms with Crippen molar-refractivity contribution in [3.8, 4) is 11.5 Å². The number of para-hydroxylation sites is 1. The van der Waals surface area contributed by atoms with Gasteiger partial charge in [0.2, 0.25) is 0 Å². The topological polar surface area (TPSA) is 50.8 Å². The van der Waals surface area contributed by atoms with E-state index in [4.69, 9.17) is 9.47 Å². The van der Waals surface area contributed by atoms with Crippen molar-refractivity contribution >= 4 is 17.4 Å². The number of carbonyl (C=O) groups is 1. The number of amides is 2. The lowest BCUT2D eigenvalue weighted by molar-refractivity contribution is 0.257. The summed E-state index contributed by atoms with van der Waals surface area (Å²) < 4.78 is 11.4. The molecule has 1 aliphatic rings. The van der Waals surface area contributed by atoms with Crippen molar-refractivity contribution in [3.05, 3.63) is 83.9 Å². The van der Waals surface area contributed by atoms with Gasteiger partial charge in [0.05, 0.1) is 7.11 Å². The Bertz CT molecular complexity index is 1000. The van der Waals surface area contributed by atoms with Crippen LogP contribution in [0.25, 0.3) is 0 Å². The third-order valence-electron chi connectivity index (χ3n) is 5.26. The van der Waals surface area contributed by atoms with Crippen molar-refractivity contribution in [1.82, 2.24) is 0 Å². The monoisotopic (exact) mass is 402 g/mol. The Labute approximate surface area is 177 Å². The van der Waals surface area contributed by atoms with Gasteiger partial charge in [-0.1, -0.05) is 48.5 Å². The Balaban J connectivity index is 1.47. The molecule has 0 spiro atoms. The second-order valence-electron chi connectivity index (χ2n) is 7.31. The summed E-state index contributed by atoms with van der Waals surface area (Å²) >= 11 is 0. The van der Waals surface area contributed by atoms with E-state index in [0.717, 1.165) is 30.5 Å². The third-order valence-corrected chi connectivity index (χ3v) is 5.26. The van der Waals surface area contributed by atoms with Crippen molar-refractivity contribution in [2.45, 2.75) is 25.9 Å². The summed E-state index contributed by atoms with van der Waals surface area (Å²) in [4.78, 5) is 14.8. The highest BCUT2D eigenvalue weighted by Crippen LogP contribution is 2.32. The number of nitrogens with zero attached hydrogens (tertiary/aromatic N) is 1. The fraction of sp³-hybridized carbons (Fsp3) is 0.240. The van der Waals surface area contributed by atoms with Gasteiger partial charge in [-0.25, -0.2) is 4.79 Å². The second kappa shape index (κ2) is 9.35. The summed E-state index contributed by atoms with van der Waals surface area (Å²) in [5.41, 5.74) is 3.96. The number of benzene rings is 3. The number of rotatable bonds is 5. The molecule has 5 nitrogen and oxygen atoms in total. The predicted molar refractivity (Wildman–Crippen MR) is 120 cm³/mol. The van der Waals surface area contributed by atoms with E-state index in [1.54, 1.807) is 13.2 Å². The van der Waals surface area contributed by atoms with Crippen molar-refractivity contribution in [3.63, 3.8) is 0 Å². The molecule has 0 aromatic heterocycles. The fourth-order valence-electron chi connectivity index (χ4n) is 3.69. The zero-order valence-corrected chi connectivity index (χ0v) is 17.1. The van der Waals surface area contributed by atoms with Gasteiger partial charge < -0.3 is 14.8 Å². The molecular weight excluding hydrogens is 376 g/mol. The maximum atomic E-state index is 13.0. The van der Waals surface area contributed by atoms with Crippen LogP contribution in [0.15, 0.2) is 72.8 Å². The summed E-state index contributed by atoms with van der Waals surface area (Å²) in [5, 5.41) is 3.01. The van der Waals surface area contributed by atoms with Gasteiger partial charge in [-0.3, -0.25) is 4.90 Å². The van der Waals surface area contributed by atoms with Crippen LogP contribution in [0.4, 0.5) is 16.2 Å². The van der Waals surface area contributed by atoms with Gasteiger partial charge in [0, 0.05) is 24.0 Å². The summed E-state index contributed by atoms with van der Waals surface area (Å²) in [5.74, 6) is 1.22. The minimum atomic E-state index is -0.135. The lowest BCUT2D eigenvalue weighted by Gasteiger charge is -2.23. The van der Waals surface area contributed by atoms with Crippen molar-refractivity contribution in [2.75, 3.05) is 23.9 Å². The van der Waals surface area contributed by atoms with Crippen LogP contribution in [-0.2, 0) is 13.0 Å². The van der Waals surface area contributed by atoms with E-state index in [0.29, 0.717) is 30.3 Å². The van der Waals surface area contributed by atoms with E-state index in [-0.39, 0.29) is 6.03 Å². The van der Waals surface area contributed by atoms with E-state index >= 15 is 0 Å². The Hall–Kier alpha value is -3.47. The summed E-state index contributed by atoms with van der Waals surface area (Å²) in [6.07, 6.45) is 3.07. The Morgan fingerprint density at radius 2 is 1.77 bits per heavy atom. The molecule has 0 saturated carbocycles. The smallest absolute Gasteiger partial charge is 0.326 e. The van der Waals surface area contributed by atoms with Crippen molar-refractivity contribution < 1.29 is 14.3 Å². The number of aryl methyl sites for hydroxylation is 1. The first-order valence-corrected chi connectivity index (χ1v) is 10.3. The summed E-state index contributed by atoms with van der Waals surface area (Å²) in [6, 6.07) is 23.4. The minimum Gasteiger partial charge on any atom is -0.493 e. The van der Waals surface area contributed by atoms with Gasteiger partial charge in [-0.2, -0.15) is 0 Å². The molecule has 3 aromatic rings. The highest BCUT2D eigenvalue weighted by Gasteiger charge is 2.21. The van der Waals surface area contributed by atoms with Gasteiger partial charge in [0.1, 0.15) is 6.61 Å². The van der Waals surface area contributed by atoms with Crippen LogP contribution in [0.3, 0.4) is 0 Å². The third kappa shape index (κ3) is 4.57. The van der Waals surface area contributed by atoms with E-state index in [1.807, 2.05) is 65.6 Å². The highest BCUT2D eigenvalue weighted by atomic mass is 16.5. The van der Waals surface area contributed by atoms with Gasteiger partial charge in [0.15, 0.2) is 11.5 Å². The number of carbonyl (C=O) groups excluding carboxylic acids is 1. The molecule has 1 N–H and O–H groups in total. The van der Waals surface area contributed by atoms with Crippen LogP contribution >= 0.6 is 0 Å². The average molecular weight is 402 g/mol. The molecule has 30 heavy (non-hydrogen) atoms. The molecule has 2 amide bonds. The Morgan fingerprint density at radius 1 is 0.967 bits per heavy atom. The van der Waals surface area contributed by atoms with Crippen LogP contribution in [0, 0.1) is 0 Å². The van der Waals surface area contributed by atoms with Crippen molar-refractivity contribution in [1.29, 1.82) is 0 Å². The van der Waals surface area contributed by atoms with Gasteiger partial charge in [0.25, 0.3) is 0 Å². The molecule has 1 aliphatic heterocycles. The average Bonchev–Trinajstić information content (AvgIpc) is 3.01. The number of methoxy groups -OCH3 is 1. The summed E-state index contributed by atoms with van der Waals surface area (Å²) in [6.45, 7) is 1.16. The molecule has 0 radical (unpaired) electrons. The van der Waals surface area contributed by atoms with Crippen molar-refractivity contribution in [2.24, 2.45) is 0 Å². The lowest BCUT2D eigenvalue weighted by Crippen LogP contribution is -2.35. The van der Waals surface area contributed by atoms with Gasteiger partial charge in [-0.05, 0) is 48.6 Å². The molecule has 0 atom stereocenters. The zero-order chi connectivity index (χ0) is 20.8. The standard InChI is InChI=1S/C25H26N2O3/c1-29-24-17-21(14-15-23(24)30-18-19-9-3-2-4-10-19)26-25(28)27-16-8-7-12-20-11-5-6-13-22(20)27/h2-6,9-11,13-15,17H,7-8,12,16,18H2,1H3,(H,26,28). The van der Waals surface area contributed by atoms with E-state index in [9.17, 15) is 4.79 Å². The molecule has 0 aliphatic carbocycles. The number of ether oxygens (including phenoxy) is 2. The predicted octanol–water partition coefficient (Wildman–Crippen LogP) is 5.65. The number of anilines is 2. The maximum absolute atomic E-state index is 13.0. The second-order valence-corrected chi connectivity index (χ2v) is 7.31. The number of hydrogen-bond donors (Lipinski definition) is 1. The Morgan fingerprint density at radius 3 is 2.60 bits per heavy atom. The van der Waals surface area contributed by atoms with Crippen LogP contribution in [-0.4, -0.2) is 19.7 Å². The molecule has 3 aromatic carbocycles. The fourth-order valence-corrected chi connectivity index (χ4v) is 3.69. The van der Waals surface area contributed by atoms with Crippen LogP contribution < -0.4 is 19.7 Å². The number of urea groups is 1. The van der Waals surface area contributed by atoms with E-state index in [1.165, 1.54) is 5.56 Å². The number of fused-ring (bicyclic) bond motifs is 1. The van der Waals surface area contributed by atoms with E-state index in [2.05, 4.69) is 11.4 Å². The van der Waals surface area contributed by atoms with Gasteiger partial charge >= 0.3 is 6.03 Å². The first kappa shape index (κ1) is 19.8. The molecule has 5 heteroatoms. The Kier molecular flexibility index (Phi) is 6.18. The molecule has 0 fully saturated rings. The molecule has 0 saturated heterocycles. The van der Waals surface area contributed by atoms with Crippen LogP contribution in [0.1, 0.15) is 24.0 Å². The minimum absolute atomic E-state index is 0.135. The number of nitrogens with one attached hydrogen (secondary N) is 1.